The van der Waals surface area contributed by atoms with E-state index in [9.17, 15) is 13.6 Å². The molecule has 1 aliphatic heterocycles. The predicted molar refractivity (Wildman–Crippen MR) is 156 cm³/mol. The molecule has 5 rings (SSSR count). The lowest BCUT2D eigenvalue weighted by atomic mass is 10.0. The molecule has 3 aromatic carbocycles. The van der Waals surface area contributed by atoms with Gasteiger partial charge in [-0.15, -0.1) is 0 Å². The van der Waals surface area contributed by atoms with E-state index < -0.39 is 11.6 Å². The van der Waals surface area contributed by atoms with Crippen molar-refractivity contribution in [3.8, 4) is 22.6 Å². The van der Waals surface area contributed by atoms with Crippen molar-refractivity contribution in [2.45, 2.75) is 25.8 Å². The van der Waals surface area contributed by atoms with Gasteiger partial charge in [-0.25, -0.2) is 18.7 Å². The van der Waals surface area contributed by atoms with Crippen LogP contribution in [-0.4, -0.2) is 53.6 Å². The number of likely N-dealkylation sites (tertiary alicyclic amines) is 1. The molecule has 0 spiro atoms. The Hall–Kier alpha value is -4.73. The molecule has 8 nitrogen and oxygen atoms in total. The highest BCUT2D eigenvalue weighted by Crippen LogP contribution is 2.37. The van der Waals surface area contributed by atoms with Crippen LogP contribution in [0.15, 0.2) is 67.5 Å². The smallest absolute Gasteiger partial charge is 0.245 e. The molecule has 1 saturated heterocycles. The lowest BCUT2D eigenvalue weighted by Gasteiger charge is -2.32. The quantitative estimate of drug-likeness (QED) is 0.232. The zero-order chi connectivity index (χ0) is 28.9. The predicted octanol–water partition coefficient (Wildman–Crippen LogP) is 6.31. The fourth-order valence-electron chi connectivity index (χ4n) is 4.99. The van der Waals surface area contributed by atoms with Crippen LogP contribution >= 0.6 is 0 Å². The average molecular weight is 560 g/mol. The molecule has 1 aliphatic rings. The topological polar surface area (TPSA) is 88.6 Å². The molecule has 212 valence electrons. The molecule has 1 fully saturated rings. The number of fused-ring (bicyclic) bond motifs is 1. The van der Waals surface area contributed by atoms with Crippen LogP contribution in [0.25, 0.3) is 22.0 Å². The fourth-order valence-corrected chi connectivity index (χ4v) is 4.99. The van der Waals surface area contributed by atoms with Crippen molar-refractivity contribution in [1.82, 2.24) is 14.9 Å². The molecule has 0 unspecified atom stereocenters. The average Bonchev–Trinajstić information content (AvgIpc) is 2.98. The lowest BCUT2D eigenvalue weighted by molar-refractivity contribution is -0.126. The summed E-state index contributed by atoms with van der Waals surface area (Å²) >= 11 is 0. The SMILES string of the molecule is C=CC(=O)N1CCC(Nc2cc3c(Nc4cc(-c5ccc(F)cc5F)ccc4OC)ncnc3cc2OCC)CC1. The maximum Gasteiger partial charge on any atom is 0.245 e. The maximum atomic E-state index is 14.5. The Morgan fingerprint density at radius 1 is 1.07 bits per heavy atom. The van der Waals surface area contributed by atoms with Gasteiger partial charge in [-0.2, -0.15) is 0 Å². The number of nitrogens with one attached hydrogen (secondary N) is 2. The number of carbonyl (C=O) groups excluding carboxylic acids is 1. The van der Waals surface area contributed by atoms with Crippen LogP contribution in [-0.2, 0) is 4.79 Å². The zero-order valence-corrected chi connectivity index (χ0v) is 22.9. The minimum atomic E-state index is -0.660. The van der Waals surface area contributed by atoms with E-state index in [1.807, 2.05) is 19.1 Å². The first kappa shape index (κ1) is 27.8. The van der Waals surface area contributed by atoms with Crippen molar-refractivity contribution >= 4 is 34.0 Å². The number of aromatic nitrogens is 2. The van der Waals surface area contributed by atoms with E-state index in [0.717, 1.165) is 30.0 Å². The zero-order valence-electron chi connectivity index (χ0n) is 22.9. The third-order valence-corrected chi connectivity index (χ3v) is 7.07. The fraction of sp³-hybridized carbons (Fsp3) is 0.258. The number of halogens is 2. The molecular weight excluding hydrogens is 528 g/mol. The van der Waals surface area contributed by atoms with Gasteiger partial charge in [0.2, 0.25) is 5.91 Å². The Bertz CT molecular complexity index is 1590. The van der Waals surface area contributed by atoms with E-state index in [4.69, 9.17) is 9.47 Å². The Kier molecular flexibility index (Phi) is 8.28. The summed E-state index contributed by atoms with van der Waals surface area (Å²) < 4.78 is 39.5. The van der Waals surface area contributed by atoms with Gasteiger partial charge < -0.3 is 25.0 Å². The van der Waals surface area contributed by atoms with E-state index >= 15 is 0 Å². The first-order chi connectivity index (χ1) is 19.9. The van der Waals surface area contributed by atoms with Crippen LogP contribution in [0.3, 0.4) is 0 Å². The van der Waals surface area contributed by atoms with Gasteiger partial charge in [-0.3, -0.25) is 4.79 Å². The molecule has 41 heavy (non-hydrogen) atoms. The lowest BCUT2D eigenvalue weighted by Crippen LogP contribution is -2.41. The number of piperidine rings is 1. The molecular formula is C31H31F2N5O3. The maximum absolute atomic E-state index is 14.5. The summed E-state index contributed by atoms with van der Waals surface area (Å²) in [6.07, 6.45) is 4.36. The van der Waals surface area contributed by atoms with Crippen molar-refractivity contribution in [3.05, 3.63) is 79.1 Å². The normalized spacial score (nSPS) is 13.6. The number of nitrogens with zero attached hydrogens (tertiary/aromatic N) is 3. The Labute approximate surface area is 237 Å². The van der Waals surface area contributed by atoms with Crippen LogP contribution in [0.2, 0.25) is 0 Å². The summed E-state index contributed by atoms with van der Waals surface area (Å²) in [5, 5.41) is 7.64. The first-order valence-electron chi connectivity index (χ1n) is 13.4. The molecule has 0 radical (unpaired) electrons. The number of benzene rings is 3. The third-order valence-electron chi connectivity index (χ3n) is 7.07. The van der Waals surface area contributed by atoms with Crippen LogP contribution in [0.1, 0.15) is 19.8 Å². The molecule has 4 aromatic rings. The van der Waals surface area contributed by atoms with E-state index in [-0.39, 0.29) is 17.5 Å². The van der Waals surface area contributed by atoms with Gasteiger partial charge in [0, 0.05) is 42.2 Å². The van der Waals surface area contributed by atoms with Gasteiger partial charge in [0.1, 0.15) is 35.3 Å². The van der Waals surface area contributed by atoms with Crippen molar-refractivity contribution < 1.29 is 23.0 Å². The third kappa shape index (κ3) is 6.06. The molecule has 2 N–H and O–H groups in total. The Morgan fingerprint density at radius 2 is 1.88 bits per heavy atom. The van der Waals surface area contributed by atoms with Crippen molar-refractivity contribution in [1.29, 1.82) is 0 Å². The van der Waals surface area contributed by atoms with Gasteiger partial charge in [0.15, 0.2) is 0 Å². The largest absolute Gasteiger partial charge is 0.495 e. The number of ether oxygens (including phenoxy) is 2. The number of methoxy groups -OCH3 is 1. The van der Waals surface area contributed by atoms with E-state index in [2.05, 4.69) is 27.2 Å². The summed E-state index contributed by atoms with van der Waals surface area (Å²) in [6.45, 7) is 7.26. The first-order valence-corrected chi connectivity index (χ1v) is 13.4. The molecule has 0 saturated carbocycles. The minimum Gasteiger partial charge on any atom is -0.495 e. The van der Waals surface area contributed by atoms with Gasteiger partial charge in [0.05, 0.1) is 30.6 Å². The summed E-state index contributed by atoms with van der Waals surface area (Å²) in [5.41, 5.74) is 2.82. The molecule has 0 aliphatic carbocycles. The van der Waals surface area contributed by atoms with Crippen molar-refractivity contribution in [3.63, 3.8) is 0 Å². The minimum absolute atomic E-state index is 0.0568. The molecule has 0 bridgehead atoms. The number of hydrogen-bond acceptors (Lipinski definition) is 7. The van der Waals surface area contributed by atoms with Gasteiger partial charge in [0.25, 0.3) is 0 Å². The molecule has 10 heteroatoms. The Balaban J connectivity index is 1.48. The number of amides is 1. The monoisotopic (exact) mass is 559 g/mol. The van der Waals surface area contributed by atoms with Crippen LogP contribution in [0, 0.1) is 11.6 Å². The summed E-state index contributed by atoms with van der Waals surface area (Å²) in [5.74, 6) is 0.347. The molecule has 2 heterocycles. The second-order valence-electron chi connectivity index (χ2n) is 9.63. The van der Waals surface area contributed by atoms with E-state index in [1.54, 1.807) is 30.2 Å². The van der Waals surface area contributed by atoms with Gasteiger partial charge >= 0.3 is 0 Å². The Morgan fingerprint density at radius 3 is 2.59 bits per heavy atom. The van der Waals surface area contributed by atoms with Crippen LogP contribution in [0.4, 0.5) is 26.0 Å². The highest BCUT2D eigenvalue weighted by Gasteiger charge is 2.23. The highest BCUT2D eigenvalue weighted by atomic mass is 19.1. The summed E-state index contributed by atoms with van der Waals surface area (Å²) in [7, 11) is 1.54. The second kappa shape index (κ2) is 12.2. The van der Waals surface area contributed by atoms with Crippen LogP contribution < -0.4 is 20.1 Å². The van der Waals surface area contributed by atoms with Crippen molar-refractivity contribution in [2.24, 2.45) is 0 Å². The van der Waals surface area contributed by atoms with E-state index in [0.29, 0.717) is 53.8 Å². The highest BCUT2D eigenvalue weighted by molar-refractivity contribution is 5.95. The molecule has 1 amide bonds. The molecule has 0 atom stereocenters. The number of anilines is 3. The molecule has 1 aromatic heterocycles. The standard InChI is InChI=1S/C31H31F2N5O3/c1-4-30(39)38-12-10-21(11-13-38)36-27-16-23-25(17-29(27)41-5-2)34-18-35-31(23)37-26-14-19(6-9-28(26)40-3)22-8-7-20(32)15-24(22)33/h4,6-9,14-18,21,36H,1,5,10-13H2,2-3H3,(H,34,35,37). The number of hydrogen-bond donors (Lipinski definition) is 2. The number of rotatable bonds is 9. The van der Waals surface area contributed by atoms with E-state index in [1.165, 1.54) is 24.5 Å². The van der Waals surface area contributed by atoms with Crippen molar-refractivity contribution in [2.75, 3.05) is 37.4 Å². The number of carbonyl (C=O) groups is 1. The second-order valence-corrected chi connectivity index (χ2v) is 9.63. The summed E-state index contributed by atoms with van der Waals surface area (Å²) in [6, 6.07) is 12.6. The summed E-state index contributed by atoms with van der Waals surface area (Å²) in [4.78, 5) is 22.7. The van der Waals surface area contributed by atoms with Gasteiger partial charge in [-0.1, -0.05) is 12.6 Å². The van der Waals surface area contributed by atoms with Gasteiger partial charge in [-0.05, 0) is 61.7 Å². The van der Waals surface area contributed by atoms with Crippen LogP contribution in [0.5, 0.6) is 11.5 Å².